The highest BCUT2D eigenvalue weighted by molar-refractivity contribution is 7.91. The van der Waals surface area contributed by atoms with Crippen LogP contribution in [0.5, 0.6) is 0 Å². The third kappa shape index (κ3) is 6.17. The van der Waals surface area contributed by atoms with Crippen molar-refractivity contribution < 1.29 is 18.0 Å². The van der Waals surface area contributed by atoms with Crippen LogP contribution in [0.25, 0.3) is 0 Å². The van der Waals surface area contributed by atoms with E-state index in [1.165, 1.54) is 16.9 Å². The van der Waals surface area contributed by atoms with Crippen molar-refractivity contribution in [3.8, 4) is 0 Å². The molecule has 0 aliphatic carbocycles. The fourth-order valence-corrected chi connectivity index (χ4v) is 6.88. The standard InChI is InChI=1S/C26H29N3O4S2/c1-18-9-11-20(12-10-18)35(32,33)15-5-8-23(30)28-26-24(25(27)31)21-13-14-29(17-22(21)34-26)16-19-6-3-2-4-7-19/h2-4,6-7,9-12H,5,8,13-17H2,1H3,(H2,27,31)(H,28,30). The van der Waals surface area contributed by atoms with Crippen LogP contribution in [0, 0.1) is 6.92 Å². The summed E-state index contributed by atoms with van der Waals surface area (Å²) < 4.78 is 25.1. The van der Waals surface area contributed by atoms with Crippen LogP contribution < -0.4 is 11.1 Å². The van der Waals surface area contributed by atoms with E-state index in [-0.39, 0.29) is 29.4 Å². The molecule has 1 aliphatic heterocycles. The molecule has 2 amide bonds. The molecule has 3 N–H and O–H groups in total. The van der Waals surface area contributed by atoms with E-state index in [0.717, 1.165) is 29.1 Å². The Hall–Kier alpha value is -3.01. The van der Waals surface area contributed by atoms with E-state index in [4.69, 9.17) is 5.73 Å². The Labute approximate surface area is 209 Å². The number of carbonyl (C=O) groups excluding carboxylic acids is 2. The van der Waals surface area contributed by atoms with E-state index < -0.39 is 15.7 Å². The van der Waals surface area contributed by atoms with Gasteiger partial charge in [-0.3, -0.25) is 14.5 Å². The summed E-state index contributed by atoms with van der Waals surface area (Å²) in [5.74, 6) is -1.01. The molecule has 184 valence electrons. The molecule has 2 aromatic carbocycles. The van der Waals surface area contributed by atoms with Crippen LogP contribution in [0.2, 0.25) is 0 Å². The van der Waals surface area contributed by atoms with E-state index in [1.807, 2.05) is 25.1 Å². The molecule has 0 atom stereocenters. The maximum absolute atomic E-state index is 12.6. The lowest BCUT2D eigenvalue weighted by atomic mass is 10.0. The quantitative estimate of drug-likeness (QED) is 0.453. The molecule has 7 nitrogen and oxygen atoms in total. The Bertz CT molecular complexity index is 1320. The van der Waals surface area contributed by atoms with Gasteiger partial charge in [-0.15, -0.1) is 11.3 Å². The van der Waals surface area contributed by atoms with Gasteiger partial charge in [0.05, 0.1) is 16.2 Å². The van der Waals surface area contributed by atoms with Gasteiger partial charge in [0.15, 0.2) is 9.84 Å². The number of hydrogen-bond acceptors (Lipinski definition) is 6. The van der Waals surface area contributed by atoms with Crippen molar-refractivity contribution in [1.29, 1.82) is 0 Å². The van der Waals surface area contributed by atoms with Gasteiger partial charge in [-0.1, -0.05) is 48.0 Å². The molecule has 0 saturated heterocycles. The lowest BCUT2D eigenvalue weighted by Crippen LogP contribution is -2.30. The van der Waals surface area contributed by atoms with Crippen molar-refractivity contribution in [2.75, 3.05) is 17.6 Å². The predicted octanol–water partition coefficient (Wildman–Crippen LogP) is 3.91. The van der Waals surface area contributed by atoms with Crippen molar-refractivity contribution in [1.82, 2.24) is 4.90 Å². The molecule has 0 unspecified atom stereocenters. The molecule has 0 saturated carbocycles. The Morgan fingerprint density at radius 1 is 1.09 bits per heavy atom. The van der Waals surface area contributed by atoms with Crippen LogP contribution in [0.4, 0.5) is 5.00 Å². The average Bonchev–Trinajstić information content (AvgIpc) is 3.17. The number of hydrogen-bond donors (Lipinski definition) is 2. The fourth-order valence-electron chi connectivity index (χ4n) is 4.26. The van der Waals surface area contributed by atoms with Gasteiger partial charge < -0.3 is 11.1 Å². The van der Waals surface area contributed by atoms with Gasteiger partial charge in [0, 0.05) is 30.9 Å². The highest BCUT2D eigenvalue weighted by atomic mass is 32.2. The number of nitrogens with one attached hydrogen (secondary N) is 1. The first kappa shape index (κ1) is 25.1. The zero-order chi connectivity index (χ0) is 25.0. The number of nitrogens with two attached hydrogens (primary N) is 1. The van der Waals surface area contributed by atoms with Gasteiger partial charge in [0.2, 0.25) is 5.91 Å². The predicted molar refractivity (Wildman–Crippen MR) is 138 cm³/mol. The number of thiophene rings is 1. The second kappa shape index (κ2) is 10.7. The van der Waals surface area contributed by atoms with Crippen LogP contribution in [0.3, 0.4) is 0 Å². The molecule has 3 aromatic rings. The zero-order valence-electron chi connectivity index (χ0n) is 19.6. The van der Waals surface area contributed by atoms with E-state index in [1.54, 1.807) is 24.3 Å². The highest BCUT2D eigenvalue weighted by Crippen LogP contribution is 2.37. The normalized spacial score (nSPS) is 13.9. The van der Waals surface area contributed by atoms with Crippen molar-refractivity contribution in [3.05, 3.63) is 81.7 Å². The number of rotatable bonds is 9. The first-order valence-corrected chi connectivity index (χ1v) is 14.0. The van der Waals surface area contributed by atoms with E-state index in [9.17, 15) is 18.0 Å². The Morgan fingerprint density at radius 2 is 1.80 bits per heavy atom. The summed E-state index contributed by atoms with van der Waals surface area (Å²) in [6, 6.07) is 16.9. The van der Waals surface area contributed by atoms with Crippen LogP contribution in [0.1, 0.15) is 44.8 Å². The molecule has 0 bridgehead atoms. The molecular formula is C26H29N3O4S2. The maximum Gasteiger partial charge on any atom is 0.251 e. The lowest BCUT2D eigenvalue weighted by molar-refractivity contribution is -0.116. The second-order valence-electron chi connectivity index (χ2n) is 8.80. The summed E-state index contributed by atoms with van der Waals surface area (Å²) in [6.07, 6.45) is 0.900. The molecular weight excluding hydrogens is 482 g/mol. The first-order valence-electron chi connectivity index (χ1n) is 11.5. The van der Waals surface area contributed by atoms with Gasteiger partial charge in [-0.2, -0.15) is 0 Å². The Balaban J connectivity index is 1.38. The van der Waals surface area contributed by atoms with Crippen molar-refractivity contribution in [3.63, 3.8) is 0 Å². The van der Waals surface area contributed by atoms with Gasteiger partial charge in [0.25, 0.3) is 5.91 Å². The SMILES string of the molecule is Cc1ccc(S(=O)(=O)CCCC(=O)Nc2sc3c(c2C(N)=O)CCN(Cc2ccccc2)C3)cc1. The topological polar surface area (TPSA) is 110 Å². The maximum atomic E-state index is 12.6. The van der Waals surface area contributed by atoms with E-state index in [2.05, 4.69) is 22.3 Å². The monoisotopic (exact) mass is 511 g/mol. The number of sulfone groups is 1. The molecule has 9 heteroatoms. The largest absolute Gasteiger partial charge is 0.365 e. The number of fused-ring (bicyclic) bond motifs is 1. The zero-order valence-corrected chi connectivity index (χ0v) is 21.3. The summed E-state index contributed by atoms with van der Waals surface area (Å²) in [6.45, 7) is 4.18. The number of nitrogens with zero attached hydrogens (tertiary/aromatic N) is 1. The molecule has 2 heterocycles. The van der Waals surface area contributed by atoms with Gasteiger partial charge in [0.1, 0.15) is 5.00 Å². The number of primary amides is 1. The molecule has 1 aliphatic rings. The summed E-state index contributed by atoms with van der Waals surface area (Å²) in [7, 11) is -3.46. The number of amides is 2. The van der Waals surface area contributed by atoms with Gasteiger partial charge >= 0.3 is 0 Å². The summed E-state index contributed by atoms with van der Waals surface area (Å²) in [5.41, 5.74) is 9.16. The number of benzene rings is 2. The summed E-state index contributed by atoms with van der Waals surface area (Å²) >= 11 is 1.38. The van der Waals surface area contributed by atoms with Crippen molar-refractivity contribution in [2.45, 2.75) is 44.2 Å². The van der Waals surface area contributed by atoms with Crippen LogP contribution in [-0.4, -0.2) is 37.4 Å². The van der Waals surface area contributed by atoms with Gasteiger partial charge in [-0.25, -0.2) is 8.42 Å². The number of anilines is 1. The average molecular weight is 512 g/mol. The van der Waals surface area contributed by atoms with Crippen LogP contribution in [0.15, 0.2) is 59.5 Å². The first-order chi connectivity index (χ1) is 16.7. The molecule has 0 spiro atoms. The van der Waals surface area contributed by atoms with Crippen molar-refractivity contribution in [2.24, 2.45) is 5.73 Å². The molecule has 4 rings (SSSR count). The minimum atomic E-state index is -3.46. The van der Waals surface area contributed by atoms with Gasteiger partial charge in [-0.05, 0) is 43.0 Å². The second-order valence-corrected chi connectivity index (χ2v) is 12.0. The minimum absolute atomic E-state index is 0.0337. The van der Waals surface area contributed by atoms with E-state index >= 15 is 0 Å². The smallest absolute Gasteiger partial charge is 0.251 e. The third-order valence-electron chi connectivity index (χ3n) is 6.08. The van der Waals surface area contributed by atoms with E-state index in [0.29, 0.717) is 23.5 Å². The third-order valence-corrected chi connectivity index (χ3v) is 9.03. The van der Waals surface area contributed by atoms with Crippen LogP contribution in [-0.2, 0) is 34.1 Å². The van der Waals surface area contributed by atoms with Crippen molar-refractivity contribution >= 4 is 38.0 Å². The lowest BCUT2D eigenvalue weighted by Gasteiger charge is -2.27. The summed E-state index contributed by atoms with van der Waals surface area (Å²) in [5, 5.41) is 3.27. The fraction of sp³-hybridized carbons (Fsp3) is 0.308. The Kier molecular flexibility index (Phi) is 7.69. The van der Waals surface area contributed by atoms with Crippen LogP contribution >= 0.6 is 11.3 Å². The minimum Gasteiger partial charge on any atom is -0.365 e. The molecule has 0 fully saturated rings. The molecule has 0 radical (unpaired) electrons. The highest BCUT2D eigenvalue weighted by Gasteiger charge is 2.28. The Morgan fingerprint density at radius 3 is 2.49 bits per heavy atom. The molecule has 1 aromatic heterocycles. The number of aryl methyl sites for hydroxylation is 1. The molecule has 35 heavy (non-hydrogen) atoms. The number of carbonyl (C=O) groups is 2. The summed E-state index contributed by atoms with van der Waals surface area (Å²) in [4.78, 5) is 28.4.